The van der Waals surface area contributed by atoms with Gasteiger partial charge in [-0.05, 0) is 33.2 Å². The zero-order valence-electron chi connectivity index (χ0n) is 10.4. The monoisotopic (exact) mass is 246 g/mol. The third-order valence-electron chi connectivity index (χ3n) is 2.71. The number of carbonyl (C=O) groups excluding carboxylic acids is 1. The predicted octanol–water partition coefficient (Wildman–Crippen LogP) is 0.576. The lowest BCUT2D eigenvalue weighted by Gasteiger charge is -2.27. The molecule has 1 atom stereocenters. The van der Waals surface area contributed by atoms with Crippen LogP contribution in [0.3, 0.4) is 0 Å². The van der Waals surface area contributed by atoms with Gasteiger partial charge in [-0.2, -0.15) is 11.8 Å². The summed E-state index contributed by atoms with van der Waals surface area (Å²) in [6.45, 7) is 4.08. The molecule has 1 saturated heterocycles. The van der Waals surface area contributed by atoms with E-state index in [1.165, 1.54) is 0 Å². The van der Waals surface area contributed by atoms with E-state index in [2.05, 4.69) is 10.2 Å². The van der Waals surface area contributed by atoms with E-state index in [1.807, 2.05) is 32.8 Å². The second-order valence-electron chi connectivity index (χ2n) is 4.34. The van der Waals surface area contributed by atoms with E-state index in [1.54, 1.807) is 0 Å². The lowest BCUT2D eigenvalue weighted by atomic mass is 9.99. The number of carbonyl (C=O) groups is 1. The minimum atomic E-state index is -0.434. The van der Waals surface area contributed by atoms with Gasteiger partial charge in [0, 0.05) is 18.8 Å². The predicted molar refractivity (Wildman–Crippen MR) is 67.9 cm³/mol. The minimum Gasteiger partial charge on any atom is -0.465 e. The van der Waals surface area contributed by atoms with Crippen LogP contribution in [0.4, 0.5) is 0 Å². The molecular formula is C11H22N2O2S. The Morgan fingerprint density at radius 1 is 1.56 bits per heavy atom. The Labute approximate surface area is 102 Å². The second-order valence-corrected chi connectivity index (χ2v) is 5.44. The molecule has 1 fully saturated rings. The van der Waals surface area contributed by atoms with Crippen molar-refractivity contribution >= 4 is 17.7 Å². The highest BCUT2D eigenvalue weighted by molar-refractivity contribution is 7.99. The number of thioether (sulfide) groups is 1. The van der Waals surface area contributed by atoms with E-state index in [0.29, 0.717) is 6.61 Å². The van der Waals surface area contributed by atoms with Crippen LogP contribution in [-0.2, 0) is 9.53 Å². The van der Waals surface area contributed by atoms with Crippen molar-refractivity contribution in [3.05, 3.63) is 0 Å². The summed E-state index contributed by atoms with van der Waals surface area (Å²) in [4.78, 5) is 14.0. The van der Waals surface area contributed by atoms with Crippen molar-refractivity contribution < 1.29 is 9.53 Å². The number of nitrogens with one attached hydrogen (secondary N) is 1. The Morgan fingerprint density at radius 2 is 2.31 bits per heavy atom. The molecule has 5 heteroatoms. The highest BCUT2D eigenvalue weighted by Crippen LogP contribution is 2.29. The number of rotatable bonds is 6. The van der Waals surface area contributed by atoms with Crippen molar-refractivity contribution in [3.63, 3.8) is 0 Å². The fraction of sp³-hybridized carbons (Fsp3) is 0.909. The topological polar surface area (TPSA) is 41.6 Å². The molecule has 0 aromatic carbocycles. The zero-order valence-corrected chi connectivity index (χ0v) is 11.2. The molecule has 1 N–H and O–H groups in total. The number of likely N-dealkylation sites (N-methyl/N-ethyl adjacent to an activating group) is 1. The molecule has 4 nitrogen and oxygen atoms in total. The first-order valence-corrected chi connectivity index (χ1v) is 6.91. The summed E-state index contributed by atoms with van der Waals surface area (Å²) >= 11 is 1.82. The van der Waals surface area contributed by atoms with E-state index in [4.69, 9.17) is 4.74 Å². The minimum absolute atomic E-state index is 0.0845. The van der Waals surface area contributed by atoms with Crippen LogP contribution in [0.5, 0.6) is 0 Å². The summed E-state index contributed by atoms with van der Waals surface area (Å²) in [6.07, 6.45) is 0.879. The Bertz CT molecular complexity index is 228. The molecule has 0 saturated carbocycles. The van der Waals surface area contributed by atoms with Crippen LogP contribution in [0.1, 0.15) is 13.3 Å². The molecule has 1 aliphatic heterocycles. The van der Waals surface area contributed by atoms with Crippen LogP contribution < -0.4 is 5.32 Å². The summed E-state index contributed by atoms with van der Waals surface area (Å²) in [7, 11) is 4.06. The molecule has 1 aliphatic rings. The van der Waals surface area contributed by atoms with Gasteiger partial charge in [0.1, 0.15) is 5.54 Å². The number of esters is 1. The van der Waals surface area contributed by atoms with Crippen molar-refractivity contribution in [2.24, 2.45) is 0 Å². The summed E-state index contributed by atoms with van der Waals surface area (Å²) < 4.78 is 5.16. The van der Waals surface area contributed by atoms with Gasteiger partial charge in [0.05, 0.1) is 6.61 Å². The third-order valence-corrected chi connectivity index (χ3v) is 3.90. The lowest BCUT2D eigenvalue weighted by molar-refractivity contribution is -0.150. The molecule has 1 unspecified atom stereocenters. The van der Waals surface area contributed by atoms with Crippen LogP contribution in [0, 0.1) is 0 Å². The van der Waals surface area contributed by atoms with Crippen LogP contribution in [0.15, 0.2) is 0 Å². The number of hydrogen-bond acceptors (Lipinski definition) is 5. The Hall–Kier alpha value is -0.260. The summed E-state index contributed by atoms with van der Waals surface area (Å²) in [5.74, 6) is 1.78. The molecule has 1 rings (SSSR count). The quantitative estimate of drug-likeness (QED) is 0.694. The van der Waals surface area contributed by atoms with E-state index in [0.717, 1.165) is 31.0 Å². The first kappa shape index (κ1) is 13.8. The molecule has 0 bridgehead atoms. The SMILES string of the molecule is CCOC(=O)C1(NCCN(C)C)CCSC1. The standard InChI is InChI=1S/C11H22N2O2S/c1-4-15-10(14)11(5-8-16-9-11)12-6-7-13(2)3/h12H,4-9H2,1-3H3. The summed E-state index contributed by atoms with van der Waals surface area (Å²) in [5, 5.41) is 3.37. The van der Waals surface area contributed by atoms with Gasteiger partial charge in [-0.25, -0.2) is 0 Å². The van der Waals surface area contributed by atoms with Gasteiger partial charge in [-0.15, -0.1) is 0 Å². The van der Waals surface area contributed by atoms with Crippen molar-refractivity contribution in [1.82, 2.24) is 10.2 Å². The van der Waals surface area contributed by atoms with Gasteiger partial charge in [-0.1, -0.05) is 0 Å². The first-order valence-electron chi connectivity index (χ1n) is 5.75. The maximum absolute atomic E-state index is 11.9. The zero-order chi connectivity index (χ0) is 12.0. The average molecular weight is 246 g/mol. The van der Waals surface area contributed by atoms with E-state index < -0.39 is 5.54 Å². The van der Waals surface area contributed by atoms with Gasteiger partial charge in [0.15, 0.2) is 0 Å². The smallest absolute Gasteiger partial charge is 0.327 e. The van der Waals surface area contributed by atoms with E-state index in [9.17, 15) is 4.79 Å². The van der Waals surface area contributed by atoms with Gasteiger partial charge in [-0.3, -0.25) is 10.1 Å². The van der Waals surface area contributed by atoms with Crippen molar-refractivity contribution in [1.29, 1.82) is 0 Å². The van der Waals surface area contributed by atoms with E-state index in [-0.39, 0.29) is 5.97 Å². The van der Waals surface area contributed by atoms with Crippen LogP contribution in [0.25, 0.3) is 0 Å². The molecule has 16 heavy (non-hydrogen) atoms. The van der Waals surface area contributed by atoms with Crippen LogP contribution in [0.2, 0.25) is 0 Å². The molecule has 0 aromatic heterocycles. The molecule has 0 radical (unpaired) electrons. The maximum atomic E-state index is 11.9. The fourth-order valence-corrected chi connectivity index (χ4v) is 3.08. The molecule has 0 aromatic rings. The Morgan fingerprint density at radius 3 is 2.81 bits per heavy atom. The fourth-order valence-electron chi connectivity index (χ4n) is 1.73. The lowest BCUT2D eigenvalue weighted by Crippen LogP contribution is -2.54. The largest absolute Gasteiger partial charge is 0.465 e. The molecule has 0 amide bonds. The Kier molecular flexibility index (Phi) is 5.58. The molecule has 1 heterocycles. The van der Waals surface area contributed by atoms with Crippen molar-refractivity contribution in [3.8, 4) is 0 Å². The number of nitrogens with zero attached hydrogens (tertiary/aromatic N) is 1. The number of ether oxygens (including phenoxy) is 1. The maximum Gasteiger partial charge on any atom is 0.327 e. The van der Waals surface area contributed by atoms with E-state index >= 15 is 0 Å². The van der Waals surface area contributed by atoms with Gasteiger partial charge in [0.25, 0.3) is 0 Å². The van der Waals surface area contributed by atoms with Crippen molar-refractivity contribution in [2.45, 2.75) is 18.9 Å². The normalized spacial score (nSPS) is 25.0. The highest BCUT2D eigenvalue weighted by atomic mass is 32.2. The molecule has 0 aliphatic carbocycles. The molecule has 0 spiro atoms. The molecular weight excluding hydrogens is 224 g/mol. The summed E-state index contributed by atoms with van der Waals surface area (Å²) in [6, 6.07) is 0. The highest BCUT2D eigenvalue weighted by Gasteiger charge is 2.42. The Balaban J connectivity index is 2.48. The summed E-state index contributed by atoms with van der Waals surface area (Å²) in [5.41, 5.74) is -0.434. The number of hydrogen-bond donors (Lipinski definition) is 1. The van der Waals surface area contributed by atoms with Crippen molar-refractivity contribution in [2.75, 3.05) is 45.3 Å². The molecule has 94 valence electrons. The second kappa shape index (κ2) is 6.47. The first-order chi connectivity index (χ1) is 7.60. The van der Waals surface area contributed by atoms with Gasteiger partial charge in [0.2, 0.25) is 0 Å². The van der Waals surface area contributed by atoms with Gasteiger partial charge < -0.3 is 9.64 Å². The third kappa shape index (κ3) is 3.64. The van der Waals surface area contributed by atoms with Crippen LogP contribution >= 0.6 is 11.8 Å². The van der Waals surface area contributed by atoms with Gasteiger partial charge >= 0.3 is 5.97 Å². The van der Waals surface area contributed by atoms with Crippen LogP contribution in [-0.4, -0.2) is 61.7 Å². The average Bonchev–Trinajstić information content (AvgIpc) is 2.67.